The lowest BCUT2D eigenvalue weighted by Crippen LogP contribution is -1.94. The Labute approximate surface area is 614 Å². The van der Waals surface area contributed by atoms with Crippen molar-refractivity contribution >= 4 is 87.2 Å². The third-order valence-corrected chi connectivity index (χ3v) is 21.4. The Kier molecular flexibility index (Phi) is 15.2. The maximum atomic E-state index is 2.42. The van der Waals surface area contributed by atoms with Gasteiger partial charge in [-0.1, -0.05) is 279 Å². The van der Waals surface area contributed by atoms with Crippen molar-refractivity contribution in [3.05, 3.63) is 413 Å². The van der Waals surface area contributed by atoms with Gasteiger partial charge in [0.15, 0.2) is 0 Å². The fraction of sp³-hybridized carbons (Fsp3) is 0. The summed E-state index contributed by atoms with van der Waals surface area (Å²) in [6.45, 7) is 0. The van der Waals surface area contributed by atoms with Crippen molar-refractivity contribution in [3.8, 4) is 101 Å². The molecule has 0 saturated carbocycles. The first-order valence-corrected chi connectivity index (χ1v) is 36.4. The molecule has 0 aliphatic rings. The molecule has 4 heteroatoms. The Hall–Kier alpha value is -14.1. The molecule has 106 heavy (non-hydrogen) atoms. The molecule has 0 N–H and O–H groups in total. The summed E-state index contributed by atoms with van der Waals surface area (Å²) in [5.74, 6) is 0. The van der Waals surface area contributed by atoms with Gasteiger partial charge in [0.1, 0.15) is 0 Å². The second kappa shape index (κ2) is 26.1. The Morgan fingerprint density at radius 2 is 0.302 bits per heavy atom. The maximum absolute atomic E-state index is 2.42. The zero-order chi connectivity index (χ0) is 70.0. The highest BCUT2D eigenvalue weighted by Crippen LogP contribution is 2.43. The van der Waals surface area contributed by atoms with E-state index in [1.54, 1.807) is 0 Å². The minimum atomic E-state index is 1.15. The average molecular weight is 1350 g/mol. The Morgan fingerprint density at radius 1 is 0.104 bits per heavy atom. The molecule has 4 aromatic heterocycles. The van der Waals surface area contributed by atoms with Crippen LogP contribution in [-0.4, -0.2) is 18.3 Å². The van der Waals surface area contributed by atoms with Gasteiger partial charge in [-0.25, -0.2) is 0 Å². The van der Waals surface area contributed by atoms with Gasteiger partial charge in [0.05, 0.1) is 44.1 Å². The highest BCUT2D eigenvalue weighted by atomic mass is 15.0. The fourth-order valence-electron chi connectivity index (χ4n) is 16.4. The first kappa shape index (κ1) is 61.8. The molecular formula is C102H68N4. The molecule has 0 amide bonds. The van der Waals surface area contributed by atoms with E-state index in [1.807, 2.05) is 0 Å². The van der Waals surface area contributed by atoms with E-state index < -0.39 is 0 Å². The molecule has 4 heterocycles. The largest absolute Gasteiger partial charge is 0.309 e. The summed E-state index contributed by atoms with van der Waals surface area (Å²) < 4.78 is 9.58. The third kappa shape index (κ3) is 10.9. The normalized spacial score (nSPS) is 11.6. The van der Waals surface area contributed by atoms with E-state index in [9.17, 15) is 0 Å². The number of hydrogen-bond acceptors (Lipinski definition) is 0. The van der Waals surface area contributed by atoms with Gasteiger partial charge in [0.2, 0.25) is 0 Å². The van der Waals surface area contributed by atoms with E-state index in [-0.39, 0.29) is 0 Å². The van der Waals surface area contributed by atoms with Gasteiger partial charge in [0.25, 0.3) is 0 Å². The van der Waals surface area contributed by atoms with E-state index in [4.69, 9.17) is 0 Å². The summed E-state index contributed by atoms with van der Waals surface area (Å²) in [6, 6.07) is 150. The minimum Gasteiger partial charge on any atom is -0.309 e. The molecular weight excluding hydrogens is 1280 g/mol. The van der Waals surface area contributed by atoms with Gasteiger partial charge in [-0.15, -0.1) is 0 Å². The molecule has 4 nitrogen and oxygen atoms in total. The lowest BCUT2D eigenvalue weighted by Gasteiger charge is -2.12. The molecule has 0 atom stereocenters. The molecule has 0 aliphatic carbocycles. The summed E-state index contributed by atoms with van der Waals surface area (Å²) in [6.07, 6.45) is 0. The van der Waals surface area contributed by atoms with Crippen LogP contribution in [0.2, 0.25) is 0 Å². The average Bonchev–Trinajstić information content (AvgIpc) is 1.60. The fourth-order valence-corrected chi connectivity index (χ4v) is 16.4. The van der Waals surface area contributed by atoms with Crippen molar-refractivity contribution in [1.29, 1.82) is 0 Å². The van der Waals surface area contributed by atoms with Crippen LogP contribution in [0.4, 0.5) is 0 Å². The Bertz CT molecular complexity index is 6900. The van der Waals surface area contributed by atoms with Crippen LogP contribution in [0.25, 0.3) is 188 Å². The third-order valence-electron chi connectivity index (χ3n) is 21.4. The quantitative estimate of drug-likeness (QED) is 0.123. The van der Waals surface area contributed by atoms with Crippen molar-refractivity contribution in [2.24, 2.45) is 0 Å². The number of fused-ring (bicyclic) bond motifs is 12. The second-order valence-corrected chi connectivity index (χ2v) is 27.6. The number of aromatic nitrogens is 4. The highest BCUT2D eigenvalue weighted by Gasteiger charge is 2.20. The van der Waals surface area contributed by atoms with Crippen molar-refractivity contribution in [2.75, 3.05) is 0 Å². The van der Waals surface area contributed by atoms with E-state index in [0.717, 1.165) is 17.1 Å². The van der Waals surface area contributed by atoms with Crippen LogP contribution in [0.3, 0.4) is 0 Å². The first-order valence-electron chi connectivity index (χ1n) is 36.4. The van der Waals surface area contributed by atoms with Crippen LogP contribution in [0.5, 0.6) is 0 Å². The molecule has 0 radical (unpaired) electrons. The molecule has 0 unspecified atom stereocenters. The van der Waals surface area contributed by atoms with Crippen molar-refractivity contribution < 1.29 is 0 Å². The number of hydrogen-bond donors (Lipinski definition) is 0. The van der Waals surface area contributed by atoms with Crippen LogP contribution >= 0.6 is 0 Å². The van der Waals surface area contributed by atoms with Gasteiger partial charge in [-0.05, 0) is 211 Å². The van der Waals surface area contributed by atoms with Crippen molar-refractivity contribution in [3.63, 3.8) is 0 Å². The number of benzene rings is 17. The summed E-state index contributed by atoms with van der Waals surface area (Å²) in [4.78, 5) is 0. The number of rotatable bonds is 11. The molecule has 0 saturated heterocycles. The van der Waals surface area contributed by atoms with Crippen LogP contribution in [-0.2, 0) is 0 Å². The second-order valence-electron chi connectivity index (χ2n) is 27.6. The zero-order valence-electron chi connectivity index (χ0n) is 58.0. The van der Waals surface area contributed by atoms with E-state index in [0.29, 0.717) is 0 Å². The lowest BCUT2D eigenvalue weighted by atomic mass is 9.99. The van der Waals surface area contributed by atoms with E-state index in [1.165, 1.54) is 171 Å². The SMILES string of the molecule is c1ccc(-c2ccc(-n3c4ccccc4c4cc(-c5ccc6c(c5)c5ccccc5n6-c5cccc(-c6cccc(-c7ccccc7)c6)c5)ccc43)cc2)cc1.c1ccc(-c2cccc(-c3ccc(-n4c5ccccc5c5cc(-c6ccc7c(c6)c6ccccc6n7-c6ccccc6)ccc54)cc3)c2)cc1. The zero-order valence-corrected chi connectivity index (χ0v) is 58.0. The van der Waals surface area contributed by atoms with Gasteiger partial charge in [-0.2, -0.15) is 0 Å². The van der Waals surface area contributed by atoms with Crippen LogP contribution in [0, 0.1) is 0 Å². The number of nitrogens with zero attached hydrogens (tertiary/aromatic N) is 4. The molecule has 0 bridgehead atoms. The van der Waals surface area contributed by atoms with Gasteiger partial charge < -0.3 is 18.3 Å². The predicted octanol–water partition coefficient (Wildman–Crippen LogP) is 27.4. The van der Waals surface area contributed by atoms with Crippen LogP contribution in [0.15, 0.2) is 413 Å². The summed E-state index contributed by atoms with van der Waals surface area (Å²) in [7, 11) is 0. The molecule has 0 spiro atoms. The molecule has 496 valence electrons. The van der Waals surface area contributed by atoms with E-state index >= 15 is 0 Å². The van der Waals surface area contributed by atoms with Gasteiger partial charge in [-0.3, -0.25) is 0 Å². The van der Waals surface area contributed by atoms with Crippen molar-refractivity contribution in [1.82, 2.24) is 18.3 Å². The monoisotopic (exact) mass is 1350 g/mol. The molecule has 0 fully saturated rings. The minimum absolute atomic E-state index is 1.15. The Morgan fingerprint density at radius 3 is 0.651 bits per heavy atom. The highest BCUT2D eigenvalue weighted by molar-refractivity contribution is 6.15. The van der Waals surface area contributed by atoms with E-state index in [2.05, 4.69) is 431 Å². The molecule has 21 aromatic rings. The first-order chi connectivity index (χ1) is 52.6. The molecule has 17 aromatic carbocycles. The summed E-state index contributed by atoms with van der Waals surface area (Å²) in [5.41, 5.74) is 31.3. The van der Waals surface area contributed by atoms with Gasteiger partial charge in [0, 0.05) is 65.8 Å². The topological polar surface area (TPSA) is 19.7 Å². The standard InChI is InChI=1S/C54H36N2.C48H32N2/c1-3-13-37(14-4-1)39-25-29-45(30-26-39)55-51-23-9-7-21-47(51)49-35-43(27-31-53(49)55)44-28-32-54-50(36-44)48-22-8-10-24-52(48)56(54)46-20-12-19-42(34-46)41-18-11-17-40(33-41)38-15-5-2-6-16-38;1-3-12-33(13-4-1)35-14-11-15-36(30-35)34-22-26-40(27-23-34)50-46-21-10-8-19-42(46)44-32-38(25-29-48(44)50)37-24-28-47-43(31-37)41-18-7-9-20-45(41)49(47)39-16-5-2-6-17-39/h1-36H;1-32H. The van der Waals surface area contributed by atoms with Crippen LogP contribution < -0.4 is 0 Å². The van der Waals surface area contributed by atoms with Crippen molar-refractivity contribution in [2.45, 2.75) is 0 Å². The smallest absolute Gasteiger partial charge is 0.0541 e. The lowest BCUT2D eigenvalue weighted by molar-refractivity contribution is 1.18. The van der Waals surface area contributed by atoms with Gasteiger partial charge >= 0.3 is 0 Å². The summed E-state index contributed by atoms with van der Waals surface area (Å²) in [5, 5.41) is 10.0. The predicted molar refractivity (Wildman–Crippen MR) is 448 cm³/mol. The Balaban J connectivity index is 0.000000141. The molecule has 21 rings (SSSR count). The van der Waals surface area contributed by atoms with Crippen LogP contribution in [0.1, 0.15) is 0 Å². The summed E-state index contributed by atoms with van der Waals surface area (Å²) >= 11 is 0. The molecule has 0 aliphatic heterocycles. The number of para-hydroxylation sites is 5. The maximum Gasteiger partial charge on any atom is 0.0541 e.